The first kappa shape index (κ1) is 13.3. The molecule has 0 amide bonds. The average molecular weight is 240 g/mol. The van der Waals surface area contributed by atoms with Crippen molar-refractivity contribution >= 4 is 0 Å². The van der Waals surface area contributed by atoms with Crippen molar-refractivity contribution in [3.8, 4) is 0 Å². The second-order valence-corrected chi connectivity index (χ2v) is 6.60. The van der Waals surface area contributed by atoms with E-state index < -0.39 is 0 Å². The van der Waals surface area contributed by atoms with Gasteiger partial charge in [-0.25, -0.2) is 0 Å². The molecule has 100 valence electrons. The van der Waals surface area contributed by atoms with Crippen molar-refractivity contribution in [2.75, 3.05) is 13.2 Å². The van der Waals surface area contributed by atoms with Crippen LogP contribution in [0, 0.1) is 5.92 Å². The molecule has 4 atom stereocenters. The first-order chi connectivity index (χ1) is 7.94. The number of nitrogens with two attached hydrogens (primary N) is 1. The summed E-state index contributed by atoms with van der Waals surface area (Å²) in [6, 6.07) is 0. The van der Waals surface area contributed by atoms with Gasteiger partial charge in [-0.2, -0.15) is 0 Å². The largest absolute Gasteiger partial charge is 0.377 e. The molecule has 4 unspecified atom stereocenters. The van der Waals surface area contributed by atoms with E-state index in [0.29, 0.717) is 6.10 Å². The molecule has 3 heteroatoms. The lowest BCUT2D eigenvalue weighted by Gasteiger charge is -2.40. The van der Waals surface area contributed by atoms with Gasteiger partial charge < -0.3 is 15.8 Å². The Morgan fingerprint density at radius 2 is 2.12 bits per heavy atom. The van der Waals surface area contributed by atoms with Crippen LogP contribution in [0.5, 0.6) is 0 Å². The summed E-state index contributed by atoms with van der Waals surface area (Å²) in [5, 5.41) is 3.69. The number of hydrogen-bond acceptors (Lipinski definition) is 3. The smallest absolute Gasteiger partial charge is 0.0726 e. The van der Waals surface area contributed by atoms with Crippen molar-refractivity contribution in [1.82, 2.24) is 5.32 Å². The van der Waals surface area contributed by atoms with E-state index in [1.807, 2.05) is 0 Å². The molecule has 1 saturated carbocycles. The lowest BCUT2D eigenvalue weighted by atomic mass is 9.76. The Kier molecular flexibility index (Phi) is 3.81. The molecular weight excluding hydrogens is 212 g/mol. The van der Waals surface area contributed by atoms with Crippen molar-refractivity contribution in [1.29, 1.82) is 0 Å². The summed E-state index contributed by atoms with van der Waals surface area (Å²) in [6.45, 7) is 8.55. The maximum atomic E-state index is 6.53. The van der Waals surface area contributed by atoms with E-state index in [1.165, 1.54) is 12.8 Å². The van der Waals surface area contributed by atoms with Gasteiger partial charge in [-0.15, -0.1) is 0 Å². The zero-order chi connectivity index (χ0) is 12.5. The lowest BCUT2D eigenvalue weighted by Crippen LogP contribution is -2.58. The molecule has 0 aromatic rings. The van der Waals surface area contributed by atoms with E-state index in [0.717, 1.165) is 38.3 Å². The maximum Gasteiger partial charge on any atom is 0.0726 e. The minimum atomic E-state index is 0.00296. The Hall–Kier alpha value is -0.120. The molecule has 1 aliphatic carbocycles. The van der Waals surface area contributed by atoms with Crippen LogP contribution in [-0.2, 0) is 4.74 Å². The van der Waals surface area contributed by atoms with Crippen molar-refractivity contribution in [2.45, 2.75) is 70.1 Å². The monoisotopic (exact) mass is 240 g/mol. The van der Waals surface area contributed by atoms with E-state index in [-0.39, 0.29) is 11.1 Å². The fourth-order valence-corrected chi connectivity index (χ4v) is 3.31. The van der Waals surface area contributed by atoms with Gasteiger partial charge in [0.1, 0.15) is 0 Å². The van der Waals surface area contributed by atoms with Gasteiger partial charge >= 0.3 is 0 Å². The maximum absolute atomic E-state index is 6.53. The normalized spacial score (nSPS) is 47.3. The van der Waals surface area contributed by atoms with Crippen LogP contribution in [0.4, 0.5) is 0 Å². The molecule has 0 aromatic carbocycles. The fourth-order valence-electron chi connectivity index (χ4n) is 3.31. The SMILES string of the molecule is CC1CCCC(N)(CNC2(C)CCOC2C)C1. The van der Waals surface area contributed by atoms with E-state index in [1.54, 1.807) is 0 Å². The molecule has 3 nitrogen and oxygen atoms in total. The zero-order valence-electron chi connectivity index (χ0n) is 11.6. The van der Waals surface area contributed by atoms with Gasteiger partial charge in [0.2, 0.25) is 0 Å². The van der Waals surface area contributed by atoms with Crippen LogP contribution in [0.2, 0.25) is 0 Å². The lowest BCUT2D eigenvalue weighted by molar-refractivity contribution is 0.0837. The number of rotatable bonds is 3. The predicted molar refractivity (Wildman–Crippen MR) is 71.0 cm³/mol. The van der Waals surface area contributed by atoms with Crippen LogP contribution >= 0.6 is 0 Å². The number of hydrogen-bond donors (Lipinski definition) is 2. The highest BCUT2D eigenvalue weighted by Gasteiger charge is 2.39. The Labute approximate surface area is 105 Å². The Bertz CT molecular complexity index is 271. The molecule has 0 bridgehead atoms. The van der Waals surface area contributed by atoms with Crippen LogP contribution in [-0.4, -0.2) is 30.3 Å². The second-order valence-electron chi connectivity index (χ2n) is 6.60. The number of ether oxygens (including phenoxy) is 1. The second kappa shape index (κ2) is 4.87. The molecule has 2 rings (SSSR count). The van der Waals surface area contributed by atoms with Crippen molar-refractivity contribution in [3.05, 3.63) is 0 Å². The van der Waals surface area contributed by atoms with Crippen LogP contribution in [0.1, 0.15) is 52.9 Å². The summed E-state index contributed by atoms with van der Waals surface area (Å²) >= 11 is 0. The van der Waals surface area contributed by atoms with Gasteiger partial charge in [0.25, 0.3) is 0 Å². The summed E-state index contributed by atoms with van der Waals surface area (Å²) in [5.41, 5.74) is 6.65. The van der Waals surface area contributed by atoms with Gasteiger partial charge in [0.15, 0.2) is 0 Å². The van der Waals surface area contributed by atoms with Gasteiger partial charge in [-0.05, 0) is 39.0 Å². The third-order valence-electron chi connectivity index (χ3n) is 4.86. The van der Waals surface area contributed by atoms with Crippen LogP contribution in [0.3, 0.4) is 0 Å². The highest BCUT2D eigenvalue weighted by atomic mass is 16.5. The molecular formula is C14H28N2O. The van der Waals surface area contributed by atoms with Gasteiger partial charge in [-0.3, -0.25) is 0 Å². The molecule has 0 spiro atoms. The summed E-state index contributed by atoms with van der Waals surface area (Å²) < 4.78 is 5.66. The topological polar surface area (TPSA) is 47.3 Å². The third kappa shape index (κ3) is 3.01. The van der Waals surface area contributed by atoms with Gasteiger partial charge in [0, 0.05) is 24.2 Å². The predicted octanol–water partition coefficient (Wildman–Crippen LogP) is 2.05. The summed E-state index contributed by atoms with van der Waals surface area (Å²) in [5.74, 6) is 0.778. The van der Waals surface area contributed by atoms with Crippen LogP contribution in [0.25, 0.3) is 0 Å². The van der Waals surface area contributed by atoms with E-state index in [4.69, 9.17) is 10.5 Å². The molecule has 1 saturated heterocycles. The molecule has 0 radical (unpaired) electrons. The third-order valence-corrected chi connectivity index (χ3v) is 4.86. The highest BCUT2D eigenvalue weighted by molar-refractivity contribution is 4.98. The van der Waals surface area contributed by atoms with Crippen LogP contribution in [0.15, 0.2) is 0 Å². The molecule has 1 aliphatic heterocycles. The summed E-state index contributed by atoms with van der Waals surface area (Å²) in [6.07, 6.45) is 6.34. The minimum absolute atomic E-state index is 0.00296. The van der Waals surface area contributed by atoms with E-state index >= 15 is 0 Å². The van der Waals surface area contributed by atoms with Crippen molar-refractivity contribution in [2.24, 2.45) is 11.7 Å². The molecule has 2 fully saturated rings. The van der Waals surface area contributed by atoms with Crippen LogP contribution < -0.4 is 11.1 Å². The van der Waals surface area contributed by atoms with Gasteiger partial charge in [-0.1, -0.05) is 19.8 Å². The van der Waals surface area contributed by atoms with E-state index in [2.05, 4.69) is 26.1 Å². The van der Waals surface area contributed by atoms with Crippen molar-refractivity contribution in [3.63, 3.8) is 0 Å². The van der Waals surface area contributed by atoms with Gasteiger partial charge in [0.05, 0.1) is 6.10 Å². The minimum Gasteiger partial charge on any atom is -0.377 e. The quantitative estimate of drug-likeness (QED) is 0.794. The zero-order valence-corrected chi connectivity index (χ0v) is 11.6. The fraction of sp³-hybridized carbons (Fsp3) is 1.00. The first-order valence-corrected chi connectivity index (χ1v) is 7.09. The molecule has 1 heterocycles. The first-order valence-electron chi connectivity index (χ1n) is 7.09. The number of nitrogens with one attached hydrogen (secondary N) is 1. The Balaban J connectivity index is 1.88. The molecule has 2 aliphatic rings. The Morgan fingerprint density at radius 3 is 2.71 bits per heavy atom. The molecule has 17 heavy (non-hydrogen) atoms. The average Bonchev–Trinajstić information content (AvgIpc) is 2.57. The summed E-state index contributed by atoms with van der Waals surface area (Å²) in [4.78, 5) is 0. The van der Waals surface area contributed by atoms with E-state index in [9.17, 15) is 0 Å². The van der Waals surface area contributed by atoms with Crippen molar-refractivity contribution < 1.29 is 4.74 Å². The highest BCUT2D eigenvalue weighted by Crippen LogP contribution is 2.31. The Morgan fingerprint density at radius 1 is 1.35 bits per heavy atom. The standard InChI is InChI=1S/C14H28N2O/c1-11-5-4-6-14(15,9-11)10-16-13(3)7-8-17-12(13)2/h11-12,16H,4-10,15H2,1-3H3. The molecule has 3 N–H and O–H groups in total. The molecule has 0 aromatic heterocycles. The summed E-state index contributed by atoms with van der Waals surface area (Å²) in [7, 11) is 0.